The molecule has 1 aromatic carbocycles. The van der Waals surface area contributed by atoms with E-state index in [2.05, 4.69) is 0 Å². The molecule has 0 amide bonds. The molecule has 1 fully saturated rings. The van der Waals surface area contributed by atoms with Crippen LogP contribution in [0.4, 0.5) is 0 Å². The zero-order valence-corrected chi connectivity index (χ0v) is 10.1. The first-order valence-electron chi connectivity index (χ1n) is 5.59. The van der Waals surface area contributed by atoms with Crippen LogP contribution in [0.3, 0.4) is 0 Å². The Labute approximate surface area is 96.3 Å². The molecule has 88 valence electrons. The van der Waals surface area contributed by atoms with E-state index in [1.54, 1.807) is 7.11 Å². The van der Waals surface area contributed by atoms with Gasteiger partial charge < -0.3 is 14.2 Å². The quantitative estimate of drug-likeness (QED) is 0.769. The highest BCUT2D eigenvalue weighted by Gasteiger charge is 2.33. The predicted octanol–water partition coefficient (Wildman–Crippen LogP) is 2.61. The molecule has 3 nitrogen and oxygen atoms in total. The van der Waals surface area contributed by atoms with Gasteiger partial charge in [-0.1, -0.05) is 12.1 Å². The molecule has 1 saturated heterocycles. The minimum Gasteiger partial charge on any atom is -0.496 e. The zero-order valence-electron chi connectivity index (χ0n) is 10.1. The molecule has 1 aliphatic rings. The Morgan fingerprint density at radius 2 is 1.94 bits per heavy atom. The largest absolute Gasteiger partial charge is 0.496 e. The minimum absolute atomic E-state index is 0.628. The summed E-state index contributed by atoms with van der Waals surface area (Å²) < 4.78 is 16.8. The van der Waals surface area contributed by atoms with E-state index in [0.29, 0.717) is 0 Å². The molecule has 0 aliphatic carbocycles. The molecule has 2 rings (SSSR count). The second-order valence-electron chi connectivity index (χ2n) is 4.13. The summed E-state index contributed by atoms with van der Waals surface area (Å²) in [5, 5.41) is 0. The molecule has 3 heteroatoms. The topological polar surface area (TPSA) is 27.7 Å². The lowest BCUT2D eigenvalue weighted by Gasteiger charge is -2.35. The summed E-state index contributed by atoms with van der Waals surface area (Å²) in [6.07, 6.45) is 0.957. The van der Waals surface area contributed by atoms with Crippen LogP contribution < -0.4 is 4.74 Å². The van der Waals surface area contributed by atoms with Crippen molar-refractivity contribution in [3.8, 4) is 5.75 Å². The van der Waals surface area contributed by atoms with Crippen molar-refractivity contribution in [1.82, 2.24) is 0 Å². The molecule has 0 spiro atoms. The molecule has 0 aromatic heterocycles. The molecular formula is C13H18O3. The normalized spacial score (nSPS) is 19.4. The number of hydrogen-bond acceptors (Lipinski definition) is 3. The average Bonchev–Trinajstić information content (AvgIpc) is 2.30. The summed E-state index contributed by atoms with van der Waals surface area (Å²) in [4.78, 5) is 0. The summed E-state index contributed by atoms with van der Waals surface area (Å²) in [5.41, 5.74) is 2.13. The van der Waals surface area contributed by atoms with Crippen LogP contribution in [0.5, 0.6) is 5.75 Å². The summed E-state index contributed by atoms with van der Waals surface area (Å²) in [5.74, 6) is 0.244. The molecule has 0 saturated carbocycles. The van der Waals surface area contributed by atoms with Crippen molar-refractivity contribution in [1.29, 1.82) is 0 Å². The van der Waals surface area contributed by atoms with Gasteiger partial charge in [0.05, 0.1) is 20.3 Å². The van der Waals surface area contributed by atoms with Crippen molar-refractivity contribution in [3.05, 3.63) is 29.3 Å². The highest BCUT2D eigenvalue weighted by molar-refractivity contribution is 5.41. The maximum absolute atomic E-state index is 5.75. The Morgan fingerprint density at radius 3 is 2.56 bits per heavy atom. The molecule has 16 heavy (non-hydrogen) atoms. The van der Waals surface area contributed by atoms with Gasteiger partial charge >= 0.3 is 0 Å². The Bertz CT molecular complexity index is 367. The van der Waals surface area contributed by atoms with E-state index in [0.717, 1.165) is 36.5 Å². The Hall–Kier alpha value is -1.06. The fourth-order valence-corrected chi connectivity index (χ4v) is 2.12. The number of methoxy groups -OCH3 is 1. The van der Waals surface area contributed by atoms with E-state index in [1.807, 2.05) is 32.0 Å². The lowest BCUT2D eigenvalue weighted by molar-refractivity contribution is -0.265. The van der Waals surface area contributed by atoms with Crippen LogP contribution in [0.1, 0.15) is 24.5 Å². The van der Waals surface area contributed by atoms with Crippen LogP contribution in [0.25, 0.3) is 0 Å². The molecule has 1 aliphatic heterocycles. The number of benzene rings is 1. The van der Waals surface area contributed by atoms with Crippen molar-refractivity contribution in [3.63, 3.8) is 0 Å². The monoisotopic (exact) mass is 222 g/mol. The maximum atomic E-state index is 5.75. The third-order valence-corrected chi connectivity index (χ3v) is 3.04. The molecule has 0 bridgehead atoms. The first kappa shape index (κ1) is 11.4. The van der Waals surface area contributed by atoms with Crippen molar-refractivity contribution >= 4 is 0 Å². The second kappa shape index (κ2) is 4.44. The van der Waals surface area contributed by atoms with E-state index in [9.17, 15) is 0 Å². The minimum atomic E-state index is -0.628. The van der Waals surface area contributed by atoms with Gasteiger partial charge in [-0.2, -0.15) is 0 Å². The highest BCUT2D eigenvalue weighted by atomic mass is 16.7. The number of hydrogen-bond donors (Lipinski definition) is 0. The van der Waals surface area contributed by atoms with Gasteiger partial charge in [-0.3, -0.25) is 0 Å². The van der Waals surface area contributed by atoms with Gasteiger partial charge in [0.2, 0.25) is 0 Å². The average molecular weight is 222 g/mol. The van der Waals surface area contributed by atoms with Gasteiger partial charge in [0, 0.05) is 5.56 Å². The molecule has 0 unspecified atom stereocenters. The van der Waals surface area contributed by atoms with Gasteiger partial charge in [-0.25, -0.2) is 0 Å². The summed E-state index contributed by atoms with van der Waals surface area (Å²) in [6.45, 7) is 5.48. The van der Waals surface area contributed by atoms with Gasteiger partial charge in [0.1, 0.15) is 5.75 Å². The SMILES string of the molecule is COc1cccc(C2(C)OCCCO2)c1C. The maximum Gasteiger partial charge on any atom is 0.192 e. The summed E-state index contributed by atoms with van der Waals surface area (Å²) >= 11 is 0. The summed E-state index contributed by atoms with van der Waals surface area (Å²) in [6, 6.07) is 5.95. The van der Waals surface area contributed by atoms with Gasteiger partial charge in [0.25, 0.3) is 0 Å². The van der Waals surface area contributed by atoms with Crippen molar-refractivity contribution < 1.29 is 14.2 Å². The standard InChI is InChI=1S/C13H18O3/c1-10-11(6-4-7-12(10)14-3)13(2)15-8-5-9-16-13/h4,6-7H,5,8-9H2,1-3H3. The van der Waals surface area contributed by atoms with Crippen LogP contribution in [-0.4, -0.2) is 20.3 Å². The molecular weight excluding hydrogens is 204 g/mol. The first-order valence-corrected chi connectivity index (χ1v) is 5.59. The van der Waals surface area contributed by atoms with Crippen molar-refractivity contribution in [2.24, 2.45) is 0 Å². The lowest BCUT2D eigenvalue weighted by atomic mass is 10.00. The molecule has 1 aromatic rings. The van der Waals surface area contributed by atoms with Gasteiger partial charge in [-0.05, 0) is 31.9 Å². The van der Waals surface area contributed by atoms with E-state index < -0.39 is 5.79 Å². The third-order valence-electron chi connectivity index (χ3n) is 3.04. The lowest BCUT2D eigenvalue weighted by Crippen LogP contribution is -2.35. The van der Waals surface area contributed by atoms with Crippen molar-refractivity contribution in [2.75, 3.05) is 20.3 Å². The van der Waals surface area contributed by atoms with Crippen LogP contribution in [0.15, 0.2) is 18.2 Å². The Balaban J connectivity index is 2.38. The number of ether oxygens (including phenoxy) is 3. The van der Waals surface area contributed by atoms with Gasteiger partial charge in [-0.15, -0.1) is 0 Å². The van der Waals surface area contributed by atoms with E-state index in [-0.39, 0.29) is 0 Å². The zero-order chi connectivity index (χ0) is 11.6. The molecule has 0 radical (unpaired) electrons. The summed E-state index contributed by atoms with van der Waals surface area (Å²) in [7, 11) is 1.68. The predicted molar refractivity (Wildman–Crippen MR) is 61.6 cm³/mol. The van der Waals surface area contributed by atoms with E-state index in [4.69, 9.17) is 14.2 Å². The molecule has 1 heterocycles. The molecule has 0 atom stereocenters. The smallest absolute Gasteiger partial charge is 0.192 e. The Morgan fingerprint density at radius 1 is 1.25 bits per heavy atom. The third kappa shape index (κ3) is 1.93. The number of rotatable bonds is 2. The van der Waals surface area contributed by atoms with Crippen LogP contribution in [0, 0.1) is 6.92 Å². The second-order valence-corrected chi connectivity index (χ2v) is 4.13. The van der Waals surface area contributed by atoms with Gasteiger partial charge in [0.15, 0.2) is 5.79 Å². The fourth-order valence-electron chi connectivity index (χ4n) is 2.12. The Kier molecular flexibility index (Phi) is 3.17. The van der Waals surface area contributed by atoms with Crippen molar-refractivity contribution in [2.45, 2.75) is 26.1 Å². The van der Waals surface area contributed by atoms with E-state index in [1.165, 1.54) is 0 Å². The first-order chi connectivity index (χ1) is 7.67. The van der Waals surface area contributed by atoms with Crippen LogP contribution in [-0.2, 0) is 15.3 Å². The van der Waals surface area contributed by atoms with Crippen LogP contribution >= 0.6 is 0 Å². The highest BCUT2D eigenvalue weighted by Crippen LogP contribution is 2.35. The van der Waals surface area contributed by atoms with Crippen LogP contribution in [0.2, 0.25) is 0 Å². The van der Waals surface area contributed by atoms with E-state index >= 15 is 0 Å². The molecule has 0 N–H and O–H groups in total. The fraction of sp³-hybridized carbons (Fsp3) is 0.538.